The van der Waals surface area contributed by atoms with Crippen molar-refractivity contribution in [3.63, 3.8) is 0 Å². The molecule has 1 aliphatic heterocycles. The van der Waals surface area contributed by atoms with E-state index in [2.05, 4.69) is 135 Å². The van der Waals surface area contributed by atoms with Crippen LogP contribution in [0.4, 0.5) is 5.69 Å². The summed E-state index contributed by atoms with van der Waals surface area (Å²) in [5, 5.41) is 2.04. The lowest BCUT2D eigenvalue weighted by Gasteiger charge is -2.28. The van der Waals surface area contributed by atoms with Gasteiger partial charge in [0.05, 0.1) is 16.6 Å². The van der Waals surface area contributed by atoms with Crippen LogP contribution < -0.4 is 15.5 Å². The second kappa shape index (κ2) is 10.3. The first-order valence-electron chi connectivity index (χ1n) is 15.6. The number of hydrogen-bond donors (Lipinski definition) is 0. The van der Waals surface area contributed by atoms with Crippen molar-refractivity contribution < 1.29 is 4.42 Å². The molecule has 0 saturated heterocycles. The summed E-state index contributed by atoms with van der Waals surface area (Å²) in [6, 6.07) is 41.2. The van der Waals surface area contributed by atoms with E-state index in [1.165, 1.54) is 27.8 Å². The van der Waals surface area contributed by atoms with E-state index in [-0.39, 0.29) is 5.41 Å². The van der Waals surface area contributed by atoms with Crippen molar-refractivity contribution in [3.05, 3.63) is 160 Å². The van der Waals surface area contributed by atoms with Gasteiger partial charge in [0, 0.05) is 29.0 Å². The molecule has 0 amide bonds. The van der Waals surface area contributed by atoms with Gasteiger partial charge in [-0.3, -0.25) is 0 Å². The zero-order valence-corrected chi connectivity index (χ0v) is 26.0. The maximum Gasteiger partial charge on any atom is 0.145 e. The Labute approximate surface area is 263 Å². The fourth-order valence-electron chi connectivity index (χ4n) is 7.07. The predicted molar refractivity (Wildman–Crippen MR) is 188 cm³/mol. The summed E-state index contributed by atoms with van der Waals surface area (Å²) in [7, 11) is 2.10. The molecule has 6 aromatic rings. The number of anilines is 1. The highest BCUT2D eigenvalue weighted by molar-refractivity contribution is 6.19. The summed E-state index contributed by atoms with van der Waals surface area (Å²) in [4.78, 5) is 7.58. The molecule has 0 unspecified atom stereocenters. The van der Waals surface area contributed by atoms with Gasteiger partial charge < -0.3 is 9.32 Å². The Balaban J connectivity index is 1.39. The van der Waals surface area contributed by atoms with E-state index >= 15 is 0 Å². The SMILES string of the molecule is C\C=C/C=c1/oc2ccc(-c3ccc4c(c3)C(C)(C)c3ccccc3-4)cc2/c1=C1\N=C(c2ccccc2)c2ccccc2N1C. The molecule has 1 aliphatic carbocycles. The first-order valence-corrected chi connectivity index (χ1v) is 15.6. The van der Waals surface area contributed by atoms with Gasteiger partial charge in [-0.2, -0.15) is 0 Å². The lowest BCUT2D eigenvalue weighted by Crippen LogP contribution is -2.33. The number of hydrogen-bond acceptors (Lipinski definition) is 3. The lowest BCUT2D eigenvalue weighted by atomic mass is 9.81. The zero-order valence-electron chi connectivity index (χ0n) is 26.0. The number of rotatable bonds is 3. The average Bonchev–Trinajstić information content (AvgIpc) is 3.55. The van der Waals surface area contributed by atoms with Crippen LogP contribution in [0.15, 0.2) is 137 Å². The number of para-hydroxylation sites is 1. The molecular weight excluding hydrogens is 548 g/mol. The summed E-state index contributed by atoms with van der Waals surface area (Å²) in [5.74, 6) is 0.866. The number of furan rings is 1. The van der Waals surface area contributed by atoms with Crippen molar-refractivity contribution in [2.45, 2.75) is 26.2 Å². The Morgan fingerprint density at radius 2 is 1.38 bits per heavy atom. The summed E-state index contributed by atoms with van der Waals surface area (Å²) in [6.45, 7) is 6.68. The maximum atomic E-state index is 6.55. The van der Waals surface area contributed by atoms with Crippen LogP contribution in [-0.4, -0.2) is 12.8 Å². The van der Waals surface area contributed by atoms with Crippen molar-refractivity contribution >= 4 is 34.3 Å². The first-order chi connectivity index (χ1) is 22.0. The third kappa shape index (κ3) is 4.22. The fraction of sp³-hybridized carbons (Fsp3) is 0.119. The summed E-state index contributed by atoms with van der Waals surface area (Å²) < 4.78 is 6.55. The molecule has 0 atom stereocenters. The Bertz CT molecular complexity index is 2320. The average molecular weight is 583 g/mol. The van der Waals surface area contributed by atoms with Gasteiger partial charge >= 0.3 is 0 Å². The normalized spacial score (nSPS) is 16.6. The van der Waals surface area contributed by atoms with E-state index in [1.807, 2.05) is 31.2 Å². The van der Waals surface area contributed by atoms with Gasteiger partial charge in [0.25, 0.3) is 0 Å². The largest absolute Gasteiger partial charge is 0.456 e. The third-order valence-electron chi connectivity index (χ3n) is 9.40. The highest BCUT2D eigenvalue weighted by Crippen LogP contribution is 2.49. The Morgan fingerprint density at radius 3 is 2.20 bits per heavy atom. The topological polar surface area (TPSA) is 28.7 Å². The molecular formula is C42H34N2O. The minimum atomic E-state index is -0.0575. The van der Waals surface area contributed by atoms with E-state index in [0.717, 1.165) is 55.5 Å². The molecule has 2 aliphatic rings. The van der Waals surface area contributed by atoms with Crippen molar-refractivity contribution in [1.29, 1.82) is 0 Å². The molecule has 3 heteroatoms. The molecule has 2 heterocycles. The highest BCUT2D eigenvalue weighted by atomic mass is 16.3. The molecule has 0 bridgehead atoms. The second-order valence-corrected chi connectivity index (χ2v) is 12.4. The molecule has 0 saturated carbocycles. The zero-order chi connectivity index (χ0) is 30.7. The number of benzene rings is 5. The van der Waals surface area contributed by atoms with Crippen LogP contribution in [0.25, 0.3) is 45.1 Å². The van der Waals surface area contributed by atoms with Crippen LogP contribution in [0.1, 0.15) is 43.0 Å². The molecule has 45 heavy (non-hydrogen) atoms. The molecule has 8 rings (SSSR count). The van der Waals surface area contributed by atoms with Crippen molar-refractivity contribution in [3.8, 4) is 22.3 Å². The molecule has 0 spiro atoms. The Kier molecular flexibility index (Phi) is 6.25. The van der Waals surface area contributed by atoms with Crippen LogP contribution in [0, 0.1) is 0 Å². The van der Waals surface area contributed by atoms with E-state index in [0.29, 0.717) is 0 Å². The molecule has 3 nitrogen and oxygen atoms in total. The van der Waals surface area contributed by atoms with Crippen LogP contribution in [0.5, 0.6) is 0 Å². The molecule has 5 aromatic carbocycles. The standard InChI is InChI=1S/C42H34N2O/c1-5-6-20-38-39(41-43-40(27-14-8-7-9-15-27)32-17-11-13-19-36(32)44(41)4)33-25-28(22-24-37(33)45-38)29-21-23-31-30-16-10-12-18-34(30)42(2,3)35(31)26-29/h5-26H,1-4H3/b6-5-,38-20+,41-39-. The predicted octanol–water partition coefficient (Wildman–Crippen LogP) is 8.82. The van der Waals surface area contributed by atoms with Gasteiger partial charge in [-0.25, -0.2) is 4.99 Å². The van der Waals surface area contributed by atoms with Crippen molar-refractivity contribution in [1.82, 2.24) is 0 Å². The summed E-state index contributed by atoms with van der Waals surface area (Å²) in [6.07, 6.45) is 6.10. The van der Waals surface area contributed by atoms with Crippen LogP contribution in [-0.2, 0) is 5.41 Å². The number of aliphatic imine (C=N–C) groups is 1. The van der Waals surface area contributed by atoms with Crippen LogP contribution in [0.2, 0.25) is 0 Å². The van der Waals surface area contributed by atoms with E-state index in [4.69, 9.17) is 9.41 Å². The third-order valence-corrected chi connectivity index (χ3v) is 9.40. The lowest BCUT2D eigenvalue weighted by molar-refractivity contribution is 0.575. The number of fused-ring (bicyclic) bond motifs is 5. The Morgan fingerprint density at radius 1 is 0.689 bits per heavy atom. The maximum absolute atomic E-state index is 6.55. The van der Waals surface area contributed by atoms with Crippen molar-refractivity contribution in [2.75, 3.05) is 11.9 Å². The molecule has 0 fully saturated rings. The van der Waals surface area contributed by atoms with Gasteiger partial charge in [-0.05, 0) is 70.6 Å². The number of nitrogens with zero attached hydrogens (tertiary/aromatic N) is 2. The van der Waals surface area contributed by atoms with Gasteiger partial charge in [-0.15, -0.1) is 0 Å². The van der Waals surface area contributed by atoms with Gasteiger partial charge in [-0.1, -0.05) is 117 Å². The molecule has 218 valence electrons. The highest BCUT2D eigenvalue weighted by Gasteiger charge is 2.35. The van der Waals surface area contributed by atoms with Crippen LogP contribution in [0.3, 0.4) is 0 Å². The van der Waals surface area contributed by atoms with E-state index < -0.39 is 0 Å². The van der Waals surface area contributed by atoms with Gasteiger partial charge in [0.2, 0.25) is 0 Å². The summed E-state index contributed by atoms with van der Waals surface area (Å²) in [5.41, 5.74) is 13.6. The Hall–Kier alpha value is -5.41. The van der Waals surface area contributed by atoms with Crippen LogP contribution >= 0.6 is 0 Å². The summed E-state index contributed by atoms with van der Waals surface area (Å²) >= 11 is 0. The quantitative estimate of drug-likeness (QED) is 0.209. The molecule has 1 aromatic heterocycles. The van der Waals surface area contributed by atoms with Gasteiger partial charge in [0.1, 0.15) is 16.8 Å². The molecule has 0 N–H and O–H groups in total. The number of allylic oxidation sites excluding steroid dienone is 2. The van der Waals surface area contributed by atoms with E-state index in [1.54, 1.807) is 0 Å². The minimum Gasteiger partial charge on any atom is -0.456 e. The second-order valence-electron chi connectivity index (χ2n) is 12.4. The van der Waals surface area contributed by atoms with Crippen molar-refractivity contribution in [2.24, 2.45) is 4.99 Å². The minimum absolute atomic E-state index is 0.0575. The van der Waals surface area contributed by atoms with Gasteiger partial charge in [0.15, 0.2) is 0 Å². The fourth-order valence-corrected chi connectivity index (χ4v) is 7.07. The first kappa shape index (κ1) is 27.2. The van der Waals surface area contributed by atoms with E-state index in [9.17, 15) is 0 Å². The molecule has 0 radical (unpaired) electrons. The monoisotopic (exact) mass is 582 g/mol. The smallest absolute Gasteiger partial charge is 0.145 e.